The zero-order chi connectivity index (χ0) is 12.3. The molecule has 96 valence electrons. The topological polar surface area (TPSA) is 15.3 Å². The molecule has 0 radical (unpaired) electrons. The Morgan fingerprint density at radius 1 is 1.35 bits per heavy atom. The minimum atomic E-state index is 0.559. The first kappa shape index (κ1) is 13.1. The molecule has 1 aromatic heterocycles. The van der Waals surface area contributed by atoms with E-state index in [2.05, 4.69) is 37.3 Å². The van der Waals surface area contributed by atoms with E-state index >= 15 is 0 Å². The Hall–Kier alpha value is -0.380. The van der Waals surface area contributed by atoms with E-state index in [1.165, 1.54) is 30.6 Å². The summed E-state index contributed by atoms with van der Waals surface area (Å²) in [5.41, 5.74) is 1.62. The van der Waals surface area contributed by atoms with Gasteiger partial charge in [0.2, 0.25) is 0 Å². The maximum absolute atomic E-state index is 3.61. The second kappa shape index (κ2) is 5.98. The van der Waals surface area contributed by atoms with Crippen LogP contribution in [-0.2, 0) is 19.4 Å². The molecule has 0 spiro atoms. The van der Waals surface area contributed by atoms with Crippen molar-refractivity contribution in [2.24, 2.45) is 0 Å². The number of nitrogens with one attached hydrogen (secondary N) is 1. The number of rotatable bonds is 5. The molecule has 2 nitrogen and oxygen atoms in total. The zero-order valence-corrected chi connectivity index (χ0v) is 12.1. The van der Waals surface area contributed by atoms with Crippen LogP contribution in [0.1, 0.15) is 35.1 Å². The summed E-state index contributed by atoms with van der Waals surface area (Å²) < 4.78 is 0. The van der Waals surface area contributed by atoms with Gasteiger partial charge in [0.15, 0.2) is 0 Å². The lowest BCUT2D eigenvalue weighted by Gasteiger charge is -2.17. The number of hydrogen-bond donors (Lipinski definition) is 1. The van der Waals surface area contributed by atoms with Crippen LogP contribution in [-0.4, -0.2) is 31.6 Å². The molecule has 0 saturated carbocycles. The molecule has 0 amide bonds. The molecule has 0 aliphatic heterocycles. The molecule has 1 aliphatic carbocycles. The van der Waals surface area contributed by atoms with Crippen LogP contribution in [0.2, 0.25) is 0 Å². The molecule has 1 aromatic rings. The minimum absolute atomic E-state index is 0.559. The molecule has 0 bridgehead atoms. The molecule has 1 aliphatic rings. The minimum Gasteiger partial charge on any atom is -0.308 e. The largest absolute Gasteiger partial charge is 0.308 e. The van der Waals surface area contributed by atoms with Gasteiger partial charge in [0, 0.05) is 28.9 Å². The predicted molar refractivity (Wildman–Crippen MR) is 75.8 cm³/mol. The number of likely N-dealkylation sites (N-methyl/N-ethyl adjacent to an activating group) is 1. The number of nitrogens with zero attached hydrogens (tertiary/aromatic N) is 1. The third kappa shape index (κ3) is 3.80. The second-order valence-corrected chi connectivity index (χ2v) is 6.63. The molecular formula is C14H24N2S. The Morgan fingerprint density at radius 3 is 2.82 bits per heavy atom. The third-order valence-corrected chi connectivity index (χ3v) is 4.55. The van der Waals surface area contributed by atoms with Crippen LogP contribution in [0.5, 0.6) is 0 Å². The Balaban J connectivity index is 1.84. The number of aryl methyl sites for hydroxylation is 2. The van der Waals surface area contributed by atoms with Gasteiger partial charge >= 0.3 is 0 Å². The molecule has 1 N–H and O–H groups in total. The van der Waals surface area contributed by atoms with Gasteiger partial charge in [-0.15, -0.1) is 11.3 Å². The summed E-state index contributed by atoms with van der Waals surface area (Å²) >= 11 is 2.02. The Morgan fingerprint density at radius 2 is 2.12 bits per heavy atom. The summed E-state index contributed by atoms with van der Waals surface area (Å²) in [6.45, 7) is 4.39. The molecule has 1 heterocycles. The van der Waals surface area contributed by atoms with Gasteiger partial charge in [-0.2, -0.15) is 0 Å². The van der Waals surface area contributed by atoms with Crippen LogP contribution in [0.4, 0.5) is 0 Å². The van der Waals surface area contributed by atoms with E-state index in [9.17, 15) is 0 Å². The highest BCUT2D eigenvalue weighted by atomic mass is 32.1. The normalized spacial score (nSPS) is 17.2. The highest BCUT2D eigenvalue weighted by molar-refractivity contribution is 7.12. The highest BCUT2D eigenvalue weighted by Crippen LogP contribution is 2.29. The van der Waals surface area contributed by atoms with Gasteiger partial charge in [-0.1, -0.05) is 0 Å². The molecule has 0 fully saturated rings. The lowest BCUT2D eigenvalue weighted by Crippen LogP contribution is -2.35. The van der Waals surface area contributed by atoms with Gasteiger partial charge in [-0.25, -0.2) is 0 Å². The van der Waals surface area contributed by atoms with Gasteiger partial charge in [-0.3, -0.25) is 0 Å². The molecular weight excluding hydrogens is 228 g/mol. The SMILES string of the molecule is CC(CN(C)C)NCc1cc2c(s1)CCCC2. The van der Waals surface area contributed by atoms with Crippen molar-refractivity contribution in [3.63, 3.8) is 0 Å². The van der Waals surface area contributed by atoms with Crippen molar-refractivity contribution >= 4 is 11.3 Å². The van der Waals surface area contributed by atoms with Crippen molar-refractivity contribution in [2.45, 2.75) is 45.2 Å². The van der Waals surface area contributed by atoms with Crippen LogP contribution in [0.25, 0.3) is 0 Å². The molecule has 2 rings (SSSR count). The fourth-order valence-corrected chi connectivity index (χ4v) is 3.74. The van der Waals surface area contributed by atoms with E-state index < -0.39 is 0 Å². The maximum atomic E-state index is 3.61. The van der Waals surface area contributed by atoms with Crippen molar-refractivity contribution < 1.29 is 0 Å². The van der Waals surface area contributed by atoms with Crippen LogP contribution < -0.4 is 5.32 Å². The highest BCUT2D eigenvalue weighted by Gasteiger charge is 2.13. The third-order valence-electron chi connectivity index (χ3n) is 3.31. The van der Waals surface area contributed by atoms with Crippen LogP contribution in [0.3, 0.4) is 0 Å². The predicted octanol–water partition coefficient (Wildman–Crippen LogP) is 2.67. The molecule has 0 saturated heterocycles. The summed E-state index contributed by atoms with van der Waals surface area (Å²) in [4.78, 5) is 5.40. The fraction of sp³-hybridized carbons (Fsp3) is 0.714. The Kier molecular flexibility index (Phi) is 4.60. The molecule has 0 aromatic carbocycles. The fourth-order valence-electron chi connectivity index (χ4n) is 2.53. The first-order valence-electron chi connectivity index (χ1n) is 6.63. The Bertz CT molecular complexity index is 334. The van der Waals surface area contributed by atoms with Gasteiger partial charge in [0.05, 0.1) is 0 Å². The van der Waals surface area contributed by atoms with E-state index in [1.54, 1.807) is 10.4 Å². The number of hydrogen-bond acceptors (Lipinski definition) is 3. The first-order chi connectivity index (χ1) is 8.15. The first-order valence-corrected chi connectivity index (χ1v) is 7.45. The van der Waals surface area contributed by atoms with Gasteiger partial charge in [0.1, 0.15) is 0 Å². The molecule has 3 heteroatoms. The summed E-state index contributed by atoms with van der Waals surface area (Å²) in [5.74, 6) is 0. The number of thiophene rings is 1. The van der Waals surface area contributed by atoms with Crippen LogP contribution in [0.15, 0.2) is 6.07 Å². The monoisotopic (exact) mass is 252 g/mol. The maximum Gasteiger partial charge on any atom is 0.0302 e. The molecule has 1 atom stereocenters. The van der Waals surface area contributed by atoms with Crippen molar-refractivity contribution in [1.29, 1.82) is 0 Å². The van der Waals surface area contributed by atoms with Crippen molar-refractivity contribution in [1.82, 2.24) is 10.2 Å². The Labute approximate surface area is 109 Å². The van der Waals surface area contributed by atoms with Crippen LogP contribution >= 0.6 is 11.3 Å². The number of fused-ring (bicyclic) bond motifs is 1. The van der Waals surface area contributed by atoms with Crippen LogP contribution in [0, 0.1) is 0 Å². The van der Waals surface area contributed by atoms with E-state index in [0.29, 0.717) is 6.04 Å². The zero-order valence-electron chi connectivity index (χ0n) is 11.3. The average Bonchev–Trinajstić information content (AvgIpc) is 2.68. The van der Waals surface area contributed by atoms with Gasteiger partial charge < -0.3 is 10.2 Å². The van der Waals surface area contributed by atoms with E-state index in [1.807, 2.05) is 11.3 Å². The van der Waals surface area contributed by atoms with Gasteiger partial charge in [-0.05, 0) is 58.3 Å². The average molecular weight is 252 g/mol. The van der Waals surface area contributed by atoms with E-state index in [0.717, 1.165) is 13.1 Å². The van der Waals surface area contributed by atoms with E-state index in [-0.39, 0.29) is 0 Å². The van der Waals surface area contributed by atoms with Crippen molar-refractivity contribution in [3.05, 3.63) is 21.4 Å². The standard InChI is InChI=1S/C14H24N2S/c1-11(10-16(2)3)15-9-13-8-12-6-4-5-7-14(12)17-13/h8,11,15H,4-7,9-10H2,1-3H3. The second-order valence-electron chi connectivity index (χ2n) is 5.41. The van der Waals surface area contributed by atoms with Crippen molar-refractivity contribution in [3.8, 4) is 0 Å². The molecule has 17 heavy (non-hydrogen) atoms. The summed E-state index contributed by atoms with van der Waals surface area (Å²) in [6, 6.07) is 2.98. The quantitative estimate of drug-likeness (QED) is 0.867. The summed E-state index contributed by atoms with van der Waals surface area (Å²) in [7, 11) is 4.25. The smallest absolute Gasteiger partial charge is 0.0302 e. The lowest BCUT2D eigenvalue weighted by molar-refractivity contribution is 0.349. The van der Waals surface area contributed by atoms with Gasteiger partial charge in [0.25, 0.3) is 0 Å². The summed E-state index contributed by atoms with van der Waals surface area (Å²) in [5, 5.41) is 3.61. The molecule has 1 unspecified atom stereocenters. The summed E-state index contributed by atoms with van der Waals surface area (Å²) in [6.07, 6.45) is 5.39. The van der Waals surface area contributed by atoms with E-state index in [4.69, 9.17) is 0 Å². The van der Waals surface area contributed by atoms with Crippen molar-refractivity contribution in [2.75, 3.05) is 20.6 Å². The lowest BCUT2D eigenvalue weighted by atomic mass is 9.99.